The average Bonchev–Trinajstić information content (AvgIpc) is 3.21. The topological polar surface area (TPSA) is 76.7 Å². The number of hydrogen-bond donors (Lipinski definition) is 2. The highest BCUT2D eigenvalue weighted by Gasteiger charge is 2.30. The maximum absolute atomic E-state index is 13.6. The number of aryl methyl sites for hydroxylation is 4. The first-order valence-corrected chi connectivity index (χ1v) is 18.8. The molecule has 1 aliphatic carbocycles. The minimum Gasteiger partial charge on any atom is -0.466 e. The standard InChI is InChI=1S/C50H46N2O4/c1-31-15-7-11-19-41(31)35-23-36(42-20-12-8-16-32(42)2)26-39(25-35)51-47-29-46(50(54)56-6)48(30-45(47)49(53)55-5)52-40-27-37(43-21-13-9-17-33(43)3)24-38(28-40)44-22-14-10-18-34(44)4/h7-28,51-52H,29-30H2,1-6H3. The third-order valence-electron chi connectivity index (χ3n) is 10.6. The molecule has 2 N–H and O–H groups in total. The van der Waals surface area contributed by atoms with Gasteiger partial charge in [0.2, 0.25) is 0 Å². The van der Waals surface area contributed by atoms with E-state index in [9.17, 15) is 9.59 Å². The van der Waals surface area contributed by atoms with Crippen LogP contribution in [0.15, 0.2) is 156 Å². The van der Waals surface area contributed by atoms with Crippen LogP contribution < -0.4 is 10.6 Å². The van der Waals surface area contributed by atoms with Crippen molar-refractivity contribution >= 4 is 23.3 Å². The fourth-order valence-electron chi connectivity index (χ4n) is 7.61. The van der Waals surface area contributed by atoms with Crippen molar-refractivity contribution in [3.63, 3.8) is 0 Å². The summed E-state index contributed by atoms with van der Waals surface area (Å²) in [7, 11) is 2.77. The van der Waals surface area contributed by atoms with Gasteiger partial charge in [-0.2, -0.15) is 0 Å². The summed E-state index contributed by atoms with van der Waals surface area (Å²) in [5.74, 6) is -0.946. The van der Waals surface area contributed by atoms with Crippen LogP contribution in [0, 0.1) is 27.7 Å². The van der Waals surface area contributed by atoms with Crippen molar-refractivity contribution < 1.29 is 19.1 Å². The van der Waals surface area contributed by atoms with Crippen molar-refractivity contribution in [2.24, 2.45) is 0 Å². The number of methoxy groups -OCH3 is 2. The van der Waals surface area contributed by atoms with E-state index in [1.165, 1.54) is 14.2 Å². The lowest BCUT2D eigenvalue weighted by Crippen LogP contribution is -2.24. The van der Waals surface area contributed by atoms with Gasteiger partial charge in [-0.15, -0.1) is 0 Å². The Bertz CT molecular complexity index is 2240. The van der Waals surface area contributed by atoms with Crippen LogP contribution >= 0.6 is 0 Å². The summed E-state index contributed by atoms with van der Waals surface area (Å²) in [6, 6.07) is 45.9. The van der Waals surface area contributed by atoms with Gasteiger partial charge in [0.1, 0.15) is 0 Å². The highest BCUT2D eigenvalue weighted by atomic mass is 16.5. The largest absolute Gasteiger partial charge is 0.466 e. The predicted octanol–water partition coefficient (Wildman–Crippen LogP) is 11.8. The van der Waals surface area contributed by atoms with Crippen molar-refractivity contribution in [1.29, 1.82) is 0 Å². The van der Waals surface area contributed by atoms with E-state index in [4.69, 9.17) is 9.47 Å². The highest BCUT2D eigenvalue weighted by molar-refractivity contribution is 5.97. The molecule has 0 aromatic heterocycles. The Morgan fingerprint density at radius 3 is 0.946 bits per heavy atom. The lowest BCUT2D eigenvalue weighted by molar-refractivity contribution is -0.137. The van der Waals surface area contributed by atoms with Crippen LogP contribution in [-0.4, -0.2) is 26.2 Å². The Balaban J connectivity index is 1.32. The van der Waals surface area contributed by atoms with Crippen LogP contribution in [-0.2, 0) is 19.1 Å². The van der Waals surface area contributed by atoms with Gasteiger partial charge in [0.25, 0.3) is 0 Å². The maximum Gasteiger partial charge on any atom is 0.335 e. The molecule has 6 aromatic carbocycles. The first-order valence-electron chi connectivity index (χ1n) is 18.8. The van der Waals surface area contributed by atoms with Crippen LogP contribution in [0.1, 0.15) is 35.1 Å². The van der Waals surface area contributed by atoms with Crippen molar-refractivity contribution in [2.75, 3.05) is 24.9 Å². The van der Waals surface area contributed by atoms with E-state index >= 15 is 0 Å². The molecule has 1 aliphatic rings. The van der Waals surface area contributed by atoms with Gasteiger partial charge in [-0.1, -0.05) is 97.1 Å². The van der Waals surface area contributed by atoms with Gasteiger partial charge in [0.05, 0.1) is 25.4 Å². The Kier molecular flexibility index (Phi) is 11.0. The molecule has 6 heteroatoms. The SMILES string of the molecule is COC(=O)C1=C(Nc2cc(-c3ccccc3C)cc(-c3ccccc3C)c2)CC(C(=O)OC)=C(Nc2cc(-c3ccccc3C)cc(-c3ccccc3C)c2)C1. The normalized spacial score (nSPS) is 12.7. The van der Waals surface area contributed by atoms with E-state index in [-0.39, 0.29) is 12.8 Å². The Morgan fingerprint density at radius 2 is 0.696 bits per heavy atom. The molecule has 0 saturated carbocycles. The van der Waals surface area contributed by atoms with E-state index in [0.29, 0.717) is 22.5 Å². The monoisotopic (exact) mass is 738 g/mol. The molecule has 0 aliphatic heterocycles. The second-order valence-electron chi connectivity index (χ2n) is 14.4. The zero-order valence-electron chi connectivity index (χ0n) is 32.7. The summed E-state index contributed by atoms with van der Waals surface area (Å²) in [5, 5.41) is 7.16. The number of rotatable bonds is 10. The summed E-state index contributed by atoms with van der Waals surface area (Å²) in [6.45, 7) is 8.41. The van der Waals surface area contributed by atoms with Crippen molar-refractivity contribution in [2.45, 2.75) is 40.5 Å². The first kappa shape index (κ1) is 37.6. The summed E-state index contributed by atoms with van der Waals surface area (Å²) >= 11 is 0. The molecule has 7 rings (SSSR count). The van der Waals surface area contributed by atoms with Gasteiger partial charge in [-0.25, -0.2) is 9.59 Å². The molecule has 56 heavy (non-hydrogen) atoms. The lowest BCUT2D eigenvalue weighted by Gasteiger charge is -2.26. The fourth-order valence-corrected chi connectivity index (χ4v) is 7.61. The predicted molar refractivity (Wildman–Crippen MR) is 228 cm³/mol. The third kappa shape index (κ3) is 7.91. The molecular formula is C50H46N2O4. The van der Waals surface area contributed by atoms with Gasteiger partial charge in [-0.3, -0.25) is 0 Å². The molecule has 0 unspecified atom stereocenters. The fraction of sp³-hybridized carbons (Fsp3) is 0.160. The molecule has 0 radical (unpaired) electrons. The molecule has 0 spiro atoms. The van der Waals surface area contributed by atoms with Gasteiger partial charge >= 0.3 is 11.9 Å². The number of anilines is 2. The smallest absolute Gasteiger partial charge is 0.335 e. The van der Waals surface area contributed by atoms with Crippen LogP contribution in [0.3, 0.4) is 0 Å². The van der Waals surface area contributed by atoms with E-state index in [1.807, 2.05) is 48.5 Å². The van der Waals surface area contributed by atoms with Gasteiger partial charge in [-0.05, 0) is 131 Å². The highest BCUT2D eigenvalue weighted by Crippen LogP contribution is 2.39. The van der Waals surface area contributed by atoms with Gasteiger partial charge in [0, 0.05) is 35.6 Å². The molecule has 280 valence electrons. The van der Waals surface area contributed by atoms with E-state index in [1.54, 1.807) is 0 Å². The molecule has 0 heterocycles. The summed E-state index contributed by atoms with van der Waals surface area (Å²) < 4.78 is 10.7. The zero-order valence-corrected chi connectivity index (χ0v) is 32.7. The number of carbonyl (C=O) groups excluding carboxylic acids is 2. The minimum atomic E-state index is -0.473. The third-order valence-corrected chi connectivity index (χ3v) is 10.6. The second-order valence-corrected chi connectivity index (χ2v) is 14.4. The lowest BCUT2D eigenvalue weighted by atomic mass is 9.90. The molecule has 0 atom stereocenters. The summed E-state index contributed by atoms with van der Waals surface area (Å²) in [6.07, 6.45) is 0.242. The zero-order chi connectivity index (χ0) is 39.3. The van der Waals surface area contributed by atoms with Crippen LogP contribution in [0.25, 0.3) is 44.5 Å². The Labute approximate surface area is 329 Å². The molecule has 0 fully saturated rings. The number of hydrogen-bond acceptors (Lipinski definition) is 6. The summed E-state index contributed by atoms with van der Waals surface area (Å²) in [4.78, 5) is 27.3. The molecule has 0 saturated heterocycles. The number of benzene rings is 6. The Hall–Kier alpha value is -6.66. The summed E-state index contributed by atoms with van der Waals surface area (Å²) in [5.41, 5.74) is 16.7. The number of nitrogens with one attached hydrogen (secondary N) is 2. The minimum absolute atomic E-state index is 0.121. The van der Waals surface area contributed by atoms with Crippen molar-refractivity contribution in [1.82, 2.24) is 0 Å². The maximum atomic E-state index is 13.6. The molecule has 6 nitrogen and oxygen atoms in total. The number of carbonyl (C=O) groups is 2. The first-order chi connectivity index (χ1) is 27.1. The Morgan fingerprint density at radius 1 is 0.429 bits per heavy atom. The van der Waals surface area contributed by atoms with Gasteiger partial charge < -0.3 is 20.1 Å². The van der Waals surface area contributed by atoms with Crippen LogP contribution in [0.5, 0.6) is 0 Å². The molecular weight excluding hydrogens is 693 g/mol. The molecule has 0 bridgehead atoms. The number of allylic oxidation sites excluding steroid dienone is 2. The van der Waals surface area contributed by atoms with Crippen LogP contribution in [0.2, 0.25) is 0 Å². The van der Waals surface area contributed by atoms with E-state index < -0.39 is 11.9 Å². The van der Waals surface area contributed by atoms with Crippen molar-refractivity contribution in [3.05, 3.63) is 178 Å². The average molecular weight is 739 g/mol. The van der Waals surface area contributed by atoms with Gasteiger partial charge in [0.15, 0.2) is 0 Å². The second kappa shape index (κ2) is 16.4. The van der Waals surface area contributed by atoms with Crippen LogP contribution in [0.4, 0.5) is 11.4 Å². The molecule has 0 amide bonds. The quantitative estimate of drug-likeness (QED) is 0.136. The molecule has 6 aromatic rings. The van der Waals surface area contributed by atoms with Crippen molar-refractivity contribution in [3.8, 4) is 44.5 Å². The number of ether oxygens (including phenoxy) is 2. The number of esters is 2. The van der Waals surface area contributed by atoms with E-state index in [2.05, 4.69) is 123 Å². The van der Waals surface area contributed by atoms with E-state index in [0.717, 1.165) is 78.1 Å².